The van der Waals surface area contributed by atoms with Crippen LogP contribution in [0.25, 0.3) is 11.1 Å². The lowest BCUT2D eigenvalue weighted by molar-refractivity contribution is -0.135. The number of carbonyl (C=O) groups is 1. The molecule has 0 N–H and O–H groups in total. The Morgan fingerprint density at radius 3 is 1.89 bits per heavy atom. The number of carbonyl (C=O) groups excluding carboxylic acids is 1. The summed E-state index contributed by atoms with van der Waals surface area (Å²) >= 11 is 0. The molecule has 1 aliphatic carbocycles. The lowest BCUT2D eigenvalue weighted by Gasteiger charge is -2.34. The minimum atomic E-state index is -0.592. The molecule has 0 spiro atoms. The number of likely N-dealkylation sites (N-methyl/N-ethyl adjacent to an activating group) is 1. The fraction of sp³-hybridized carbons (Fsp3) is 0.240. The second-order valence-electron chi connectivity index (χ2n) is 7.39. The Bertz CT molecular complexity index is 915. The zero-order chi connectivity index (χ0) is 18.9. The molecule has 2 heteroatoms. The van der Waals surface area contributed by atoms with E-state index in [-0.39, 0.29) is 5.91 Å². The zero-order valence-corrected chi connectivity index (χ0v) is 16.0. The van der Waals surface area contributed by atoms with Crippen LogP contribution in [0.15, 0.2) is 78.9 Å². The van der Waals surface area contributed by atoms with E-state index in [0.29, 0.717) is 6.54 Å². The molecular weight excluding hydrogens is 330 g/mol. The van der Waals surface area contributed by atoms with Gasteiger partial charge in [0.15, 0.2) is 0 Å². The third-order valence-electron chi connectivity index (χ3n) is 5.66. The van der Waals surface area contributed by atoms with Gasteiger partial charge in [-0.25, -0.2) is 0 Å². The monoisotopic (exact) mass is 355 g/mol. The molecule has 27 heavy (non-hydrogen) atoms. The fourth-order valence-corrected chi connectivity index (χ4v) is 4.56. The van der Waals surface area contributed by atoms with Crippen LogP contribution in [0.1, 0.15) is 36.5 Å². The minimum absolute atomic E-state index is 0.186. The van der Waals surface area contributed by atoms with Gasteiger partial charge in [-0.2, -0.15) is 0 Å². The fourth-order valence-electron chi connectivity index (χ4n) is 4.56. The third-order valence-corrected chi connectivity index (χ3v) is 5.66. The number of fused-ring (bicyclic) bond motifs is 3. The van der Waals surface area contributed by atoms with Crippen LogP contribution in [0.3, 0.4) is 0 Å². The number of rotatable bonds is 5. The van der Waals surface area contributed by atoms with Gasteiger partial charge in [0, 0.05) is 13.6 Å². The summed E-state index contributed by atoms with van der Waals surface area (Å²) in [6.07, 6.45) is 1.77. The Hall–Kier alpha value is -2.87. The first kappa shape index (κ1) is 17.5. The van der Waals surface area contributed by atoms with E-state index in [9.17, 15) is 4.79 Å². The largest absolute Gasteiger partial charge is 0.340 e. The molecule has 0 radical (unpaired) electrons. The predicted octanol–water partition coefficient (Wildman–Crippen LogP) is 5.41. The molecule has 0 atom stereocenters. The van der Waals surface area contributed by atoms with E-state index in [1.54, 1.807) is 0 Å². The van der Waals surface area contributed by atoms with Crippen LogP contribution in [0.2, 0.25) is 0 Å². The van der Waals surface area contributed by atoms with Gasteiger partial charge < -0.3 is 4.90 Å². The van der Waals surface area contributed by atoms with Gasteiger partial charge >= 0.3 is 0 Å². The van der Waals surface area contributed by atoms with Crippen molar-refractivity contribution in [3.8, 4) is 11.1 Å². The molecule has 0 bridgehead atoms. The summed E-state index contributed by atoms with van der Waals surface area (Å²) in [5.41, 5.74) is 5.26. The Morgan fingerprint density at radius 1 is 0.815 bits per heavy atom. The van der Waals surface area contributed by atoms with Crippen molar-refractivity contribution in [2.75, 3.05) is 7.05 Å². The molecular formula is C25H25NO. The van der Waals surface area contributed by atoms with E-state index >= 15 is 0 Å². The van der Waals surface area contributed by atoms with Crippen LogP contribution in [0, 0.1) is 0 Å². The number of benzene rings is 3. The average Bonchev–Trinajstić information content (AvgIpc) is 3.00. The van der Waals surface area contributed by atoms with Gasteiger partial charge in [0.25, 0.3) is 0 Å². The van der Waals surface area contributed by atoms with E-state index in [1.807, 2.05) is 30.1 Å². The van der Waals surface area contributed by atoms with Crippen LogP contribution in [-0.4, -0.2) is 17.9 Å². The van der Waals surface area contributed by atoms with Gasteiger partial charge in [-0.15, -0.1) is 0 Å². The Balaban J connectivity index is 1.82. The highest BCUT2D eigenvalue weighted by Gasteiger charge is 2.49. The van der Waals surface area contributed by atoms with Crippen LogP contribution in [0.5, 0.6) is 0 Å². The van der Waals surface area contributed by atoms with E-state index in [4.69, 9.17) is 0 Å². The smallest absolute Gasteiger partial charge is 0.237 e. The van der Waals surface area contributed by atoms with Crippen LogP contribution >= 0.6 is 0 Å². The quantitative estimate of drug-likeness (QED) is 0.599. The van der Waals surface area contributed by atoms with Crippen molar-refractivity contribution in [3.05, 3.63) is 95.6 Å². The molecule has 136 valence electrons. The predicted molar refractivity (Wildman–Crippen MR) is 110 cm³/mol. The Morgan fingerprint density at radius 2 is 1.33 bits per heavy atom. The van der Waals surface area contributed by atoms with Gasteiger partial charge in [-0.3, -0.25) is 4.79 Å². The van der Waals surface area contributed by atoms with Crippen molar-refractivity contribution in [3.63, 3.8) is 0 Å². The molecule has 0 saturated heterocycles. The van der Waals surface area contributed by atoms with E-state index in [0.717, 1.165) is 29.5 Å². The number of amides is 1. The van der Waals surface area contributed by atoms with Gasteiger partial charge in [0.2, 0.25) is 5.91 Å². The average molecular weight is 355 g/mol. The highest BCUT2D eigenvalue weighted by molar-refractivity contribution is 6.00. The first-order chi connectivity index (χ1) is 13.2. The second-order valence-corrected chi connectivity index (χ2v) is 7.39. The summed E-state index contributed by atoms with van der Waals surface area (Å²) in [4.78, 5) is 15.8. The maximum atomic E-state index is 13.9. The van der Waals surface area contributed by atoms with Crippen LogP contribution in [0.4, 0.5) is 0 Å². The lowest BCUT2D eigenvalue weighted by atomic mass is 9.73. The molecule has 0 aliphatic heterocycles. The molecule has 0 aromatic heterocycles. The molecule has 0 saturated carbocycles. The molecule has 3 aromatic carbocycles. The molecule has 0 fully saturated rings. The summed E-state index contributed by atoms with van der Waals surface area (Å²) in [7, 11) is 1.93. The Labute approximate surface area is 161 Å². The maximum Gasteiger partial charge on any atom is 0.237 e. The standard InChI is InChI=1S/C25H25NO/c1-3-17-25(24(27)26(2)18-19-11-5-4-6-12-19)22-15-9-7-13-20(22)21-14-8-10-16-23(21)25/h4-16H,3,17-18H2,1-2H3. The van der Waals surface area contributed by atoms with Crippen LogP contribution < -0.4 is 0 Å². The number of hydrogen-bond donors (Lipinski definition) is 0. The molecule has 2 nitrogen and oxygen atoms in total. The molecule has 0 heterocycles. The molecule has 3 aromatic rings. The molecule has 1 amide bonds. The summed E-state index contributed by atoms with van der Waals surface area (Å²) in [6.45, 7) is 2.78. The van der Waals surface area contributed by atoms with Gasteiger partial charge in [-0.05, 0) is 34.2 Å². The molecule has 0 unspecified atom stereocenters. The van der Waals surface area contributed by atoms with E-state index in [2.05, 4.69) is 67.6 Å². The Kier molecular flexibility index (Phi) is 4.57. The minimum Gasteiger partial charge on any atom is -0.340 e. The number of nitrogens with zero attached hydrogens (tertiary/aromatic N) is 1. The summed E-state index contributed by atoms with van der Waals surface area (Å²) in [5, 5.41) is 0. The lowest BCUT2D eigenvalue weighted by Crippen LogP contribution is -2.44. The topological polar surface area (TPSA) is 20.3 Å². The van der Waals surface area contributed by atoms with Crippen molar-refractivity contribution >= 4 is 5.91 Å². The van der Waals surface area contributed by atoms with Crippen molar-refractivity contribution in [1.82, 2.24) is 4.90 Å². The van der Waals surface area contributed by atoms with E-state index < -0.39 is 5.41 Å². The van der Waals surface area contributed by atoms with Crippen LogP contribution in [-0.2, 0) is 16.8 Å². The van der Waals surface area contributed by atoms with E-state index in [1.165, 1.54) is 11.1 Å². The zero-order valence-electron chi connectivity index (χ0n) is 16.0. The summed E-state index contributed by atoms with van der Waals surface area (Å²) in [5.74, 6) is 0.186. The third kappa shape index (κ3) is 2.76. The molecule has 1 aliphatic rings. The summed E-state index contributed by atoms with van der Waals surface area (Å²) < 4.78 is 0. The summed E-state index contributed by atoms with van der Waals surface area (Å²) in [6, 6.07) is 27.0. The van der Waals surface area contributed by atoms with Crippen molar-refractivity contribution in [2.45, 2.75) is 31.7 Å². The van der Waals surface area contributed by atoms with Gasteiger partial charge in [0.05, 0.1) is 0 Å². The van der Waals surface area contributed by atoms with Gasteiger partial charge in [0.1, 0.15) is 5.41 Å². The van der Waals surface area contributed by atoms with Gasteiger partial charge in [-0.1, -0.05) is 92.2 Å². The first-order valence-electron chi connectivity index (χ1n) is 9.67. The van der Waals surface area contributed by atoms with Crippen molar-refractivity contribution < 1.29 is 4.79 Å². The maximum absolute atomic E-state index is 13.9. The van der Waals surface area contributed by atoms with Crippen molar-refractivity contribution in [2.24, 2.45) is 0 Å². The first-order valence-corrected chi connectivity index (χ1v) is 9.67. The highest BCUT2D eigenvalue weighted by atomic mass is 16.2. The van der Waals surface area contributed by atoms with Crippen molar-refractivity contribution in [1.29, 1.82) is 0 Å². The second kappa shape index (κ2) is 7.03. The normalized spacial score (nSPS) is 13.7. The number of hydrogen-bond acceptors (Lipinski definition) is 1. The SMILES string of the molecule is CCCC1(C(=O)N(C)Cc2ccccc2)c2ccccc2-c2ccccc21. The molecule has 4 rings (SSSR count). The highest BCUT2D eigenvalue weighted by Crippen LogP contribution is 2.52.